The van der Waals surface area contributed by atoms with Gasteiger partial charge in [0.05, 0.1) is 6.10 Å². The van der Waals surface area contributed by atoms with E-state index in [0.717, 1.165) is 15.7 Å². The topological polar surface area (TPSA) is 23.5 Å². The highest BCUT2D eigenvalue weighted by Crippen LogP contribution is 2.32. The number of nitrogens with zero attached hydrogens (tertiary/aromatic N) is 1. The molecule has 106 valence electrons. The van der Waals surface area contributed by atoms with Gasteiger partial charge in [-0.2, -0.15) is 0 Å². The minimum absolute atomic E-state index is 0.468. The van der Waals surface area contributed by atoms with E-state index in [1.165, 1.54) is 16.8 Å². The number of anilines is 2. The van der Waals surface area contributed by atoms with Crippen LogP contribution in [0, 0.1) is 13.8 Å². The average molecular weight is 334 g/mol. The van der Waals surface area contributed by atoms with Crippen LogP contribution in [0.2, 0.25) is 0 Å². The van der Waals surface area contributed by atoms with E-state index in [9.17, 15) is 5.11 Å². The third kappa shape index (κ3) is 3.05. The lowest BCUT2D eigenvalue weighted by atomic mass is 10.1. The molecule has 2 nitrogen and oxygen atoms in total. The summed E-state index contributed by atoms with van der Waals surface area (Å²) in [6.07, 6.45) is -0.468. The van der Waals surface area contributed by atoms with Crippen molar-refractivity contribution in [2.45, 2.75) is 26.9 Å². The molecule has 0 spiro atoms. The van der Waals surface area contributed by atoms with Gasteiger partial charge in [-0.1, -0.05) is 39.7 Å². The minimum Gasteiger partial charge on any atom is -0.389 e. The first-order valence-corrected chi connectivity index (χ1v) is 7.48. The molecule has 0 unspecified atom stereocenters. The van der Waals surface area contributed by atoms with E-state index < -0.39 is 6.10 Å². The van der Waals surface area contributed by atoms with E-state index in [4.69, 9.17) is 0 Å². The zero-order valence-corrected chi connectivity index (χ0v) is 13.9. The minimum atomic E-state index is -0.468. The lowest BCUT2D eigenvalue weighted by molar-refractivity contribution is 0.198. The van der Waals surface area contributed by atoms with Crippen LogP contribution < -0.4 is 4.90 Å². The van der Waals surface area contributed by atoms with Crippen LogP contribution in [-0.2, 0) is 0 Å². The summed E-state index contributed by atoms with van der Waals surface area (Å²) in [5.41, 5.74) is 5.71. The fraction of sp³-hybridized carbons (Fsp3) is 0.294. The zero-order valence-electron chi connectivity index (χ0n) is 12.3. The summed E-state index contributed by atoms with van der Waals surface area (Å²) in [6.45, 7) is 6.00. The Kier molecular flexibility index (Phi) is 4.51. The summed E-state index contributed by atoms with van der Waals surface area (Å²) in [7, 11) is 2.06. The second-order valence-electron chi connectivity index (χ2n) is 5.23. The van der Waals surface area contributed by atoms with Crippen molar-refractivity contribution < 1.29 is 5.11 Å². The Bertz CT molecular complexity index is 622. The fourth-order valence-electron chi connectivity index (χ4n) is 2.38. The van der Waals surface area contributed by atoms with Crippen molar-refractivity contribution in [2.24, 2.45) is 0 Å². The average Bonchev–Trinajstić information content (AvgIpc) is 2.37. The number of hydrogen-bond donors (Lipinski definition) is 1. The van der Waals surface area contributed by atoms with Gasteiger partial charge in [0.15, 0.2) is 0 Å². The summed E-state index contributed by atoms with van der Waals surface area (Å²) in [6, 6.07) is 12.5. The van der Waals surface area contributed by atoms with Crippen LogP contribution in [0.5, 0.6) is 0 Å². The Morgan fingerprint density at radius 1 is 1.10 bits per heavy atom. The molecule has 0 saturated heterocycles. The van der Waals surface area contributed by atoms with Gasteiger partial charge in [-0.3, -0.25) is 0 Å². The summed E-state index contributed by atoms with van der Waals surface area (Å²) in [4.78, 5) is 2.16. The number of rotatable bonds is 3. The molecule has 0 aromatic heterocycles. The van der Waals surface area contributed by atoms with Gasteiger partial charge in [-0.15, -0.1) is 0 Å². The summed E-state index contributed by atoms with van der Waals surface area (Å²) in [5, 5.41) is 9.68. The molecule has 0 bridgehead atoms. The van der Waals surface area contributed by atoms with Gasteiger partial charge in [0, 0.05) is 22.9 Å². The first-order chi connectivity index (χ1) is 9.40. The molecular formula is C17H20BrNO. The van der Waals surface area contributed by atoms with E-state index in [2.05, 4.69) is 59.9 Å². The molecule has 0 fully saturated rings. The maximum atomic E-state index is 9.68. The Labute approximate surface area is 129 Å². The van der Waals surface area contributed by atoms with Crippen molar-refractivity contribution in [3.8, 4) is 0 Å². The Morgan fingerprint density at radius 3 is 2.35 bits per heavy atom. The third-order valence-corrected chi connectivity index (χ3v) is 4.22. The number of hydrogen-bond acceptors (Lipinski definition) is 2. The van der Waals surface area contributed by atoms with Crippen molar-refractivity contribution in [3.63, 3.8) is 0 Å². The molecule has 20 heavy (non-hydrogen) atoms. The standard InChI is InChI=1S/C17H20BrNO/c1-11-5-8-17(12(2)9-11)19(4)14-6-7-15(13(3)20)16(18)10-14/h5-10,13,20H,1-4H3/t13-/m1/s1. The zero-order chi connectivity index (χ0) is 14.9. The number of benzene rings is 2. The Hall–Kier alpha value is -1.32. The third-order valence-electron chi connectivity index (χ3n) is 3.54. The molecule has 3 heteroatoms. The first kappa shape index (κ1) is 15.1. The Morgan fingerprint density at radius 2 is 1.80 bits per heavy atom. The van der Waals surface area contributed by atoms with E-state index in [0.29, 0.717) is 0 Å². The predicted octanol–water partition coefficient (Wildman–Crippen LogP) is 4.89. The molecule has 2 rings (SSSR count). The van der Waals surface area contributed by atoms with Crippen molar-refractivity contribution in [1.82, 2.24) is 0 Å². The van der Waals surface area contributed by atoms with Gasteiger partial charge in [0.2, 0.25) is 0 Å². The van der Waals surface area contributed by atoms with Crippen LogP contribution in [-0.4, -0.2) is 12.2 Å². The summed E-state index contributed by atoms with van der Waals surface area (Å²) >= 11 is 3.53. The van der Waals surface area contributed by atoms with Crippen LogP contribution in [0.4, 0.5) is 11.4 Å². The van der Waals surface area contributed by atoms with E-state index in [1.54, 1.807) is 6.92 Å². The molecule has 0 heterocycles. The molecule has 1 N–H and O–H groups in total. The molecule has 0 aliphatic rings. The number of aliphatic hydroxyl groups excluding tert-OH is 1. The van der Waals surface area contributed by atoms with Crippen molar-refractivity contribution in [3.05, 3.63) is 57.6 Å². The molecule has 1 atom stereocenters. The molecule has 2 aromatic carbocycles. The van der Waals surface area contributed by atoms with Crippen LogP contribution >= 0.6 is 15.9 Å². The molecule has 0 aliphatic carbocycles. The quantitative estimate of drug-likeness (QED) is 0.864. The monoisotopic (exact) mass is 333 g/mol. The fourth-order valence-corrected chi connectivity index (χ4v) is 3.08. The highest BCUT2D eigenvalue weighted by atomic mass is 79.9. The Balaban J connectivity index is 2.38. The molecular weight excluding hydrogens is 314 g/mol. The maximum absolute atomic E-state index is 9.68. The molecule has 0 amide bonds. The molecule has 0 radical (unpaired) electrons. The highest BCUT2D eigenvalue weighted by molar-refractivity contribution is 9.10. The number of halogens is 1. The van der Waals surface area contributed by atoms with Crippen LogP contribution in [0.1, 0.15) is 29.7 Å². The van der Waals surface area contributed by atoms with Gasteiger partial charge < -0.3 is 10.0 Å². The molecule has 0 saturated carbocycles. The number of aliphatic hydroxyl groups is 1. The van der Waals surface area contributed by atoms with Gasteiger partial charge in [0.25, 0.3) is 0 Å². The summed E-state index contributed by atoms with van der Waals surface area (Å²) in [5.74, 6) is 0. The maximum Gasteiger partial charge on any atom is 0.0772 e. The normalized spacial score (nSPS) is 12.3. The highest BCUT2D eigenvalue weighted by Gasteiger charge is 2.11. The smallest absolute Gasteiger partial charge is 0.0772 e. The van der Waals surface area contributed by atoms with E-state index in [-0.39, 0.29) is 0 Å². The van der Waals surface area contributed by atoms with Gasteiger partial charge in [-0.25, -0.2) is 0 Å². The van der Waals surface area contributed by atoms with Crippen molar-refractivity contribution in [2.75, 3.05) is 11.9 Å². The second-order valence-corrected chi connectivity index (χ2v) is 6.09. The van der Waals surface area contributed by atoms with Gasteiger partial charge >= 0.3 is 0 Å². The lowest BCUT2D eigenvalue weighted by Gasteiger charge is -2.23. The predicted molar refractivity (Wildman–Crippen MR) is 88.8 cm³/mol. The molecule has 2 aromatic rings. The largest absolute Gasteiger partial charge is 0.389 e. The van der Waals surface area contributed by atoms with E-state index >= 15 is 0 Å². The number of aryl methyl sites for hydroxylation is 2. The van der Waals surface area contributed by atoms with Crippen LogP contribution in [0.15, 0.2) is 40.9 Å². The van der Waals surface area contributed by atoms with Crippen molar-refractivity contribution >= 4 is 27.3 Å². The van der Waals surface area contributed by atoms with Gasteiger partial charge in [-0.05, 0) is 50.1 Å². The SMILES string of the molecule is Cc1ccc(N(C)c2ccc([C@@H](C)O)c(Br)c2)c(C)c1. The van der Waals surface area contributed by atoms with Crippen LogP contribution in [0.25, 0.3) is 0 Å². The van der Waals surface area contributed by atoms with Crippen molar-refractivity contribution in [1.29, 1.82) is 0 Å². The molecule has 0 aliphatic heterocycles. The lowest BCUT2D eigenvalue weighted by Crippen LogP contribution is -2.11. The van der Waals surface area contributed by atoms with Gasteiger partial charge in [0.1, 0.15) is 0 Å². The van der Waals surface area contributed by atoms with E-state index in [1.807, 2.05) is 18.2 Å². The second kappa shape index (κ2) is 5.98. The first-order valence-electron chi connectivity index (χ1n) is 6.68. The van der Waals surface area contributed by atoms with Crippen LogP contribution in [0.3, 0.4) is 0 Å². The summed E-state index contributed by atoms with van der Waals surface area (Å²) < 4.78 is 0.932.